The number of primary amides is 1. The molecule has 0 saturated carbocycles. The van der Waals surface area contributed by atoms with E-state index >= 15 is 0 Å². The summed E-state index contributed by atoms with van der Waals surface area (Å²) < 4.78 is 5.50. The Morgan fingerprint density at radius 3 is 2.88 bits per heavy atom. The summed E-state index contributed by atoms with van der Waals surface area (Å²) in [4.78, 5) is 11.1. The number of rotatable bonds is 7. The van der Waals surface area contributed by atoms with Crippen LogP contribution in [0.4, 0.5) is 0 Å². The molecular weight excluding hydrogens is 204 g/mol. The molecule has 0 atom stereocenters. The van der Waals surface area contributed by atoms with Gasteiger partial charge in [-0.05, 0) is 31.6 Å². The van der Waals surface area contributed by atoms with E-state index in [2.05, 4.69) is 12.2 Å². The Morgan fingerprint density at radius 1 is 1.44 bits per heavy atom. The van der Waals surface area contributed by atoms with E-state index in [9.17, 15) is 4.79 Å². The summed E-state index contributed by atoms with van der Waals surface area (Å²) in [6.07, 6.45) is 0.904. The van der Waals surface area contributed by atoms with Gasteiger partial charge >= 0.3 is 0 Å². The second-order valence-electron chi connectivity index (χ2n) is 3.42. The number of para-hydroxylation sites is 1. The van der Waals surface area contributed by atoms with Crippen LogP contribution in [0.3, 0.4) is 0 Å². The zero-order valence-electron chi connectivity index (χ0n) is 9.53. The molecule has 4 heteroatoms. The first kappa shape index (κ1) is 12.5. The molecule has 0 aromatic heterocycles. The second-order valence-corrected chi connectivity index (χ2v) is 3.42. The van der Waals surface area contributed by atoms with Gasteiger partial charge in [0.15, 0.2) is 0 Å². The minimum atomic E-state index is -0.456. The predicted molar refractivity (Wildman–Crippen MR) is 63.6 cm³/mol. The number of hydrogen-bond donors (Lipinski definition) is 2. The predicted octanol–water partition coefficient (Wildman–Crippen LogP) is 1.16. The summed E-state index contributed by atoms with van der Waals surface area (Å²) >= 11 is 0. The first-order chi connectivity index (χ1) is 7.75. The molecule has 0 aliphatic heterocycles. The highest BCUT2D eigenvalue weighted by molar-refractivity contribution is 5.95. The van der Waals surface area contributed by atoms with E-state index < -0.39 is 5.91 Å². The average Bonchev–Trinajstić information content (AvgIpc) is 2.29. The number of carbonyl (C=O) groups excluding carboxylic acids is 1. The molecule has 1 amide bonds. The third-order valence-corrected chi connectivity index (χ3v) is 2.16. The molecule has 3 N–H and O–H groups in total. The molecular formula is C12H18N2O2. The molecule has 0 aliphatic carbocycles. The number of amides is 1. The Kier molecular flexibility index (Phi) is 5.36. The van der Waals surface area contributed by atoms with Crippen LogP contribution in [0.5, 0.6) is 5.75 Å². The Hall–Kier alpha value is -1.55. The fourth-order valence-electron chi connectivity index (χ4n) is 1.35. The van der Waals surface area contributed by atoms with Crippen molar-refractivity contribution >= 4 is 5.91 Å². The molecule has 16 heavy (non-hydrogen) atoms. The largest absolute Gasteiger partial charge is 0.493 e. The maximum atomic E-state index is 11.1. The van der Waals surface area contributed by atoms with Crippen molar-refractivity contribution in [2.75, 3.05) is 19.7 Å². The van der Waals surface area contributed by atoms with Crippen molar-refractivity contribution in [2.45, 2.75) is 13.3 Å². The molecule has 0 aliphatic rings. The molecule has 0 saturated heterocycles. The fraction of sp³-hybridized carbons (Fsp3) is 0.417. The summed E-state index contributed by atoms with van der Waals surface area (Å²) in [5.74, 6) is 0.105. The Morgan fingerprint density at radius 2 is 2.19 bits per heavy atom. The third-order valence-electron chi connectivity index (χ3n) is 2.16. The van der Waals surface area contributed by atoms with Crippen LogP contribution in [0.15, 0.2) is 24.3 Å². The highest BCUT2D eigenvalue weighted by atomic mass is 16.5. The van der Waals surface area contributed by atoms with Crippen molar-refractivity contribution in [1.82, 2.24) is 5.32 Å². The normalized spacial score (nSPS) is 10.1. The van der Waals surface area contributed by atoms with Crippen molar-refractivity contribution in [3.63, 3.8) is 0 Å². The van der Waals surface area contributed by atoms with Gasteiger partial charge in [0.2, 0.25) is 0 Å². The molecule has 0 unspecified atom stereocenters. The van der Waals surface area contributed by atoms with Gasteiger partial charge in [-0.2, -0.15) is 0 Å². The lowest BCUT2D eigenvalue weighted by atomic mass is 10.2. The van der Waals surface area contributed by atoms with Crippen LogP contribution in [0.2, 0.25) is 0 Å². The molecule has 0 heterocycles. The van der Waals surface area contributed by atoms with Gasteiger partial charge in [0, 0.05) is 0 Å². The number of nitrogens with two attached hydrogens (primary N) is 1. The van der Waals surface area contributed by atoms with Gasteiger partial charge in [-0.3, -0.25) is 4.79 Å². The van der Waals surface area contributed by atoms with E-state index in [1.165, 1.54) is 0 Å². The van der Waals surface area contributed by atoms with Gasteiger partial charge in [0.25, 0.3) is 5.91 Å². The van der Waals surface area contributed by atoms with Gasteiger partial charge in [-0.15, -0.1) is 0 Å². The van der Waals surface area contributed by atoms with Crippen LogP contribution in [-0.2, 0) is 0 Å². The van der Waals surface area contributed by atoms with Crippen molar-refractivity contribution in [2.24, 2.45) is 5.73 Å². The van der Waals surface area contributed by atoms with Crippen LogP contribution >= 0.6 is 0 Å². The lowest BCUT2D eigenvalue weighted by Gasteiger charge is -2.09. The summed E-state index contributed by atoms with van der Waals surface area (Å²) in [6.45, 7) is 4.51. The molecule has 0 radical (unpaired) electrons. The summed E-state index contributed by atoms with van der Waals surface area (Å²) in [7, 11) is 0. The minimum Gasteiger partial charge on any atom is -0.493 e. The van der Waals surface area contributed by atoms with Crippen LogP contribution in [0.25, 0.3) is 0 Å². The van der Waals surface area contributed by atoms with E-state index in [1.54, 1.807) is 18.2 Å². The number of ether oxygens (including phenoxy) is 1. The lowest BCUT2D eigenvalue weighted by Crippen LogP contribution is -2.17. The lowest BCUT2D eigenvalue weighted by molar-refractivity contribution is 0.0996. The third kappa shape index (κ3) is 3.90. The smallest absolute Gasteiger partial charge is 0.252 e. The Labute approximate surface area is 95.8 Å². The first-order valence-electron chi connectivity index (χ1n) is 5.48. The highest BCUT2D eigenvalue weighted by Gasteiger charge is 2.07. The van der Waals surface area contributed by atoms with Crippen molar-refractivity contribution in [3.05, 3.63) is 29.8 Å². The van der Waals surface area contributed by atoms with Crippen molar-refractivity contribution in [3.8, 4) is 5.75 Å². The molecule has 0 bridgehead atoms. The maximum absolute atomic E-state index is 11.1. The number of carbonyl (C=O) groups is 1. The highest BCUT2D eigenvalue weighted by Crippen LogP contribution is 2.17. The van der Waals surface area contributed by atoms with Crippen LogP contribution in [0, 0.1) is 0 Å². The van der Waals surface area contributed by atoms with Crippen LogP contribution in [0.1, 0.15) is 23.7 Å². The van der Waals surface area contributed by atoms with Gasteiger partial charge in [0.1, 0.15) is 5.75 Å². The zero-order chi connectivity index (χ0) is 11.8. The minimum absolute atomic E-state index is 0.436. The standard InChI is InChI=1S/C12H18N2O2/c1-2-14-8-5-9-16-11-7-4-3-6-10(11)12(13)15/h3-4,6-7,14H,2,5,8-9H2,1H3,(H2,13,15). The number of benzene rings is 1. The van der Waals surface area contributed by atoms with E-state index in [1.807, 2.05) is 6.07 Å². The molecule has 0 fully saturated rings. The monoisotopic (exact) mass is 222 g/mol. The molecule has 88 valence electrons. The van der Waals surface area contributed by atoms with Crippen LogP contribution in [-0.4, -0.2) is 25.6 Å². The van der Waals surface area contributed by atoms with Crippen LogP contribution < -0.4 is 15.8 Å². The van der Waals surface area contributed by atoms with E-state index in [0.717, 1.165) is 19.5 Å². The van der Waals surface area contributed by atoms with E-state index in [0.29, 0.717) is 17.9 Å². The second kappa shape index (κ2) is 6.85. The number of nitrogens with one attached hydrogen (secondary N) is 1. The van der Waals surface area contributed by atoms with E-state index in [4.69, 9.17) is 10.5 Å². The Balaban J connectivity index is 2.44. The zero-order valence-corrected chi connectivity index (χ0v) is 9.53. The van der Waals surface area contributed by atoms with Gasteiger partial charge in [-0.1, -0.05) is 19.1 Å². The SMILES string of the molecule is CCNCCCOc1ccccc1C(N)=O. The summed E-state index contributed by atoms with van der Waals surface area (Å²) in [5.41, 5.74) is 5.67. The van der Waals surface area contributed by atoms with Gasteiger partial charge < -0.3 is 15.8 Å². The first-order valence-corrected chi connectivity index (χ1v) is 5.48. The van der Waals surface area contributed by atoms with Crippen molar-refractivity contribution < 1.29 is 9.53 Å². The van der Waals surface area contributed by atoms with Crippen molar-refractivity contribution in [1.29, 1.82) is 0 Å². The quantitative estimate of drug-likeness (QED) is 0.680. The van der Waals surface area contributed by atoms with Gasteiger partial charge in [-0.25, -0.2) is 0 Å². The summed E-state index contributed by atoms with van der Waals surface area (Å²) in [5, 5.41) is 3.20. The Bertz CT molecular complexity index is 340. The molecule has 1 rings (SSSR count). The molecule has 4 nitrogen and oxygen atoms in total. The number of hydrogen-bond acceptors (Lipinski definition) is 3. The van der Waals surface area contributed by atoms with E-state index in [-0.39, 0.29) is 0 Å². The molecule has 1 aromatic rings. The van der Waals surface area contributed by atoms with Gasteiger partial charge in [0.05, 0.1) is 12.2 Å². The maximum Gasteiger partial charge on any atom is 0.252 e. The molecule has 0 spiro atoms. The fourth-order valence-corrected chi connectivity index (χ4v) is 1.35. The summed E-state index contributed by atoms with van der Waals surface area (Å²) in [6, 6.07) is 7.02. The molecule has 1 aromatic carbocycles. The average molecular weight is 222 g/mol. The topological polar surface area (TPSA) is 64.3 Å².